The summed E-state index contributed by atoms with van der Waals surface area (Å²) in [6.07, 6.45) is 5.23. The van der Waals surface area contributed by atoms with Crippen molar-refractivity contribution in [3.8, 4) is 0 Å². The van der Waals surface area contributed by atoms with Crippen LogP contribution in [0.25, 0.3) is 10.9 Å². The van der Waals surface area contributed by atoms with Crippen LogP contribution in [0.15, 0.2) is 42.6 Å². The molecule has 4 atom stereocenters. The van der Waals surface area contributed by atoms with E-state index in [0.29, 0.717) is 18.6 Å². The Kier molecular flexibility index (Phi) is 8.22. The predicted molar refractivity (Wildman–Crippen MR) is 114 cm³/mol. The first-order chi connectivity index (χ1) is 15.0. The molecule has 1 aromatic heterocycles. The second kappa shape index (κ2) is 11.1. The Morgan fingerprint density at radius 3 is 2.87 bits per heavy atom. The number of para-hydroxylation sites is 1. The van der Waals surface area contributed by atoms with E-state index in [9.17, 15) is 14.7 Å². The van der Waals surface area contributed by atoms with Gasteiger partial charge in [-0.15, -0.1) is 0 Å². The molecule has 2 aromatic rings. The number of hydrogen-bond acceptors (Lipinski definition) is 6. The maximum atomic E-state index is 12.6. The highest BCUT2D eigenvalue weighted by molar-refractivity contribution is 6.04. The number of fused-ring (bicyclic) bond motifs is 1. The molecule has 1 saturated heterocycles. The summed E-state index contributed by atoms with van der Waals surface area (Å²) in [6.45, 7) is 2.22. The number of aliphatic hydroxyl groups is 1. The number of allylic oxidation sites excluding steroid dienone is 1. The Morgan fingerprint density at radius 1 is 1.26 bits per heavy atom. The molecule has 0 aliphatic carbocycles. The minimum absolute atomic E-state index is 0.236. The molecule has 1 aromatic carbocycles. The van der Waals surface area contributed by atoms with Crippen LogP contribution in [0.5, 0.6) is 0 Å². The molecule has 8 nitrogen and oxygen atoms in total. The molecular formula is C23H29NO7. The average molecular weight is 431 g/mol. The van der Waals surface area contributed by atoms with Crippen LogP contribution in [0.1, 0.15) is 49.4 Å². The van der Waals surface area contributed by atoms with E-state index in [1.807, 2.05) is 24.3 Å². The zero-order chi connectivity index (χ0) is 22.2. The van der Waals surface area contributed by atoms with Gasteiger partial charge in [0.1, 0.15) is 12.2 Å². The maximum absolute atomic E-state index is 12.6. The number of H-pyrrole nitrogens is 1. The summed E-state index contributed by atoms with van der Waals surface area (Å²) in [7, 11) is 0. The third-order valence-corrected chi connectivity index (χ3v) is 5.29. The third kappa shape index (κ3) is 6.40. The summed E-state index contributed by atoms with van der Waals surface area (Å²) >= 11 is 0. The van der Waals surface area contributed by atoms with Crippen LogP contribution in [-0.4, -0.2) is 58.3 Å². The molecule has 0 spiro atoms. The Bertz CT molecular complexity index is 906. The number of aliphatic carboxylic acids is 1. The zero-order valence-corrected chi connectivity index (χ0v) is 17.5. The fourth-order valence-electron chi connectivity index (χ4n) is 3.59. The molecule has 2 heterocycles. The first-order valence-corrected chi connectivity index (χ1v) is 10.6. The van der Waals surface area contributed by atoms with Crippen molar-refractivity contribution >= 4 is 22.8 Å². The number of carboxylic acid groups (broad SMARTS) is 1. The van der Waals surface area contributed by atoms with Crippen LogP contribution >= 0.6 is 0 Å². The normalized spacial score (nSPS) is 23.9. The number of ether oxygens (including phenoxy) is 3. The van der Waals surface area contributed by atoms with E-state index in [4.69, 9.17) is 19.3 Å². The Labute approximate surface area is 180 Å². The van der Waals surface area contributed by atoms with Crippen LogP contribution in [0.4, 0.5) is 0 Å². The van der Waals surface area contributed by atoms with Crippen molar-refractivity contribution in [2.45, 2.75) is 63.6 Å². The highest BCUT2D eigenvalue weighted by Gasteiger charge is 2.38. The van der Waals surface area contributed by atoms with Gasteiger partial charge in [-0.1, -0.05) is 30.7 Å². The standard InChI is InChI=1S/C23H29NO7/c1-15-20(31-22(28)17-14-24-18-10-7-6-9-16(17)18)13-19(25)23(30-15)29-12-8-4-2-3-5-11-21(26)27/h5-7,9-11,14-15,19-20,23-25H,2-4,8,12-13H2,1H3,(H,26,27). The van der Waals surface area contributed by atoms with E-state index in [-0.39, 0.29) is 6.42 Å². The average Bonchev–Trinajstić information content (AvgIpc) is 3.17. The van der Waals surface area contributed by atoms with Crippen molar-refractivity contribution in [1.29, 1.82) is 0 Å². The molecule has 3 rings (SSSR count). The van der Waals surface area contributed by atoms with Gasteiger partial charge in [0.25, 0.3) is 0 Å². The van der Waals surface area contributed by atoms with Crippen molar-refractivity contribution in [3.05, 3.63) is 48.2 Å². The minimum atomic E-state index is -0.939. The van der Waals surface area contributed by atoms with Crippen LogP contribution < -0.4 is 0 Å². The largest absolute Gasteiger partial charge is 0.478 e. The second-order valence-corrected chi connectivity index (χ2v) is 7.67. The number of aliphatic hydroxyl groups excluding tert-OH is 1. The van der Waals surface area contributed by atoms with E-state index < -0.39 is 36.5 Å². The molecule has 8 heteroatoms. The number of unbranched alkanes of at least 4 members (excludes halogenated alkanes) is 3. The Morgan fingerprint density at radius 2 is 2.06 bits per heavy atom. The van der Waals surface area contributed by atoms with Gasteiger partial charge >= 0.3 is 11.9 Å². The Balaban J connectivity index is 1.41. The number of hydrogen-bond donors (Lipinski definition) is 3. The molecule has 1 aliphatic rings. The summed E-state index contributed by atoms with van der Waals surface area (Å²) in [4.78, 5) is 26.1. The monoisotopic (exact) mass is 431 g/mol. The van der Waals surface area contributed by atoms with Crippen LogP contribution in [0.3, 0.4) is 0 Å². The third-order valence-electron chi connectivity index (χ3n) is 5.29. The quantitative estimate of drug-likeness (QED) is 0.300. The number of carbonyl (C=O) groups is 2. The number of esters is 1. The van der Waals surface area contributed by atoms with Crippen molar-refractivity contribution in [2.24, 2.45) is 0 Å². The highest BCUT2D eigenvalue weighted by Crippen LogP contribution is 2.26. The fourth-order valence-corrected chi connectivity index (χ4v) is 3.59. The van der Waals surface area contributed by atoms with E-state index in [1.165, 1.54) is 0 Å². The van der Waals surface area contributed by atoms with Gasteiger partial charge in [-0.25, -0.2) is 9.59 Å². The van der Waals surface area contributed by atoms with Crippen LogP contribution in [0.2, 0.25) is 0 Å². The lowest BCUT2D eigenvalue weighted by atomic mass is 10.0. The van der Waals surface area contributed by atoms with Crippen molar-refractivity contribution in [2.75, 3.05) is 6.61 Å². The maximum Gasteiger partial charge on any atom is 0.340 e. The molecule has 3 N–H and O–H groups in total. The van der Waals surface area contributed by atoms with Crippen molar-refractivity contribution in [3.63, 3.8) is 0 Å². The summed E-state index contributed by atoms with van der Waals surface area (Å²) < 4.78 is 17.0. The lowest BCUT2D eigenvalue weighted by Crippen LogP contribution is -2.48. The minimum Gasteiger partial charge on any atom is -0.478 e. The van der Waals surface area contributed by atoms with Crippen molar-refractivity contribution in [1.82, 2.24) is 4.98 Å². The highest BCUT2D eigenvalue weighted by atomic mass is 16.7. The lowest BCUT2D eigenvalue weighted by molar-refractivity contribution is -0.260. The SMILES string of the molecule is CC1OC(OCCCCCC=CC(=O)O)C(O)CC1OC(=O)c1c[nH]c2ccccc12. The van der Waals surface area contributed by atoms with Gasteiger partial charge in [-0.2, -0.15) is 0 Å². The van der Waals surface area contributed by atoms with Gasteiger partial charge in [0.2, 0.25) is 0 Å². The second-order valence-electron chi connectivity index (χ2n) is 7.67. The number of carboxylic acids is 1. The first-order valence-electron chi connectivity index (χ1n) is 10.6. The number of nitrogens with one attached hydrogen (secondary N) is 1. The van der Waals surface area contributed by atoms with Crippen LogP contribution in [0, 0.1) is 0 Å². The summed E-state index contributed by atoms with van der Waals surface area (Å²) in [5.41, 5.74) is 1.31. The number of aromatic nitrogens is 1. The van der Waals surface area contributed by atoms with E-state index in [1.54, 1.807) is 19.2 Å². The molecule has 1 aliphatic heterocycles. The smallest absolute Gasteiger partial charge is 0.340 e. The molecule has 0 bridgehead atoms. The van der Waals surface area contributed by atoms with Crippen LogP contribution in [-0.2, 0) is 19.0 Å². The number of benzene rings is 1. The van der Waals surface area contributed by atoms with Gasteiger partial charge in [0.15, 0.2) is 6.29 Å². The molecule has 4 unspecified atom stereocenters. The van der Waals surface area contributed by atoms with Gasteiger partial charge in [-0.3, -0.25) is 0 Å². The first kappa shape index (κ1) is 23.0. The predicted octanol–water partition coefficient (Wildman–Crippen LogP) is 3.41. The van der Waals surface area contributed by atoms with Gasteiger partial charge in [0, 0.05) is 36.2 Å². The molecule has 0 radical (unpaired) electrons. The van der Waals surface area contributed by atoms with E-state index >= 15 is 0 Å². The molecule has 1 fully saturated rings. The fraction of sp³-hybridized carbons (Fsp3) is 0.478. The molecule has 31 heavy (non-hydrogen) atoms. The Hall–Kier alpha value is -2.68. The molecule has 168 valence electrons. The molecule has 0 amide bonds. The van der Waals surface area contributed by atoms with Gasteiger partial charge in [0.05, 0.1) is 11.7 Å². The topological polar surface area (TPSA) is 118 Å². The van der Waals surface area contributed by atoms with Gasteiger partial charge in [-0.05, 0) is 32.3 Å². The van der Waals surface area contributed by atoms with E-state index in [0.717, 1.165) is 36.2 Å². The summed E-state index contributed by atoms with van der Waals surface area (Å²) in [6, 6.07) is 7.48. The summed E-state index contributed by atoms with van der Waals surface area (Å²) in [5.74, 6) is -1.40. The number of aromatic amines is 1. The van der Waals surface area contributed by atoms with Crippen molar-refractivity contribution < 1.29 is 34.0 Å². The molecule has 0 saturated carbocycles. The number of rotatable bonds is 10. The van der Waals surface area contributed by atoms with Gasteiger partial charge < -0.3 is 29.4 Å². The van der Waals surface area contributed by atoms with E-state index in [2.05, 4.69) is 4.98 Å². The lowest BCUT2D eigenvalue weighted by Gasteiger charge is -2.37. The zero-order valence-electron chi connectivity index (χ0n) is 17.5. The molecular weight excluding hydrogens is 402 g/mol. The summed E-state index contributed by atoms with van der Waals surface area (Å²) in [5, 5.41) is 19.7. The number of carbonyl (C=O) groups excluding carboxylic acids is 1.